The fraction of sp³-hybridized carbons (Fsp3) is 0.240. The number of hydrogen-bond donors (Lipinski definition) is 1. The molecule has 0 radical (unpaired) electrons. The van der Waals surface area contributed by atoms with Gasteiger partial charge in [0.25, 0.3) is 0 Å². The summed E-state index contributed by atoms with van der Waals surface area (Å²) in [5.41, 5.74) is 6.53. The molecule has 5 nitrogen and oxygen atoms in total. The van der Waals surface area contributed by atoms with E-state index in [1.807, 2.05) is 36.4 Å². The zero-order valence-corrected chi connectivity index (χ0v) is 18.7. The van der Waals surface area contributed by atoms with E-state index >= 15 is 4.39 Å². The van der Waals surface area contributed by atoms with E-state index in [0.717, 1.165) is 5.56 Å². The molecule has 1 aliphatic heterocycles. The van der Waals surface area contributed by atoms with Crippen LogP contribution < -0.4 is 5.73 Å². The third kappa shape index (κ3) is 3.49. The molecule has 4 rings (SSSR count). The van der Waals surface area contributed by atoms with Crippen LogP contribution in [0.4, 0.5) is 4.39 Å². The average molecular weight is 488 g/mol. The molecule has 0 fully saturated rings. The Bertz CT molecular complexity index is 1230. The summed E-state index contributed by atoms with van der Waals surface area (Å²) in [7, 11) is 0. The van der Waals surface area contributed by atoms with Crippen LogP contribution >= 0.6 is 15.9 Å². The minimum absolute atomic E-state index is 0.103. The van der Waals surface area contributed by atoms with Gasteiger partial charge in [0, 0.05) is 35.9 Å². The lowest BCUT2D eigenvalue weighted by Gasteiger charge is -2.45. The van der Waals surface area contributed by atoms with Gasteiger partial charge in [-0.2, -0.15) is 15.8 Å². The molecule has 0 saturated heterocycles. The Morgan fingerprint density at radius 1 is 1.12 bits per heavy atom. The molecular weight excluding hydrogens is 469 g/mol. The van der Waals surface area contributed by atoms with Gasteiger partial charge < -0.3 is 5.73 Å². The first-order valence-corrected chi connectivity index (χ1v) is 10.9. The van der Waals surface area contributed by atoms with E-state index in [2.05, 4.69) is 39.0 Å². The van der Waals surface area contributed by atoms with Gasteiger partial charge in [-0.15, -0.1) is 0 Å². The lowest BCUT2D eigenvalue weighted by atomic mass is 9.58. The smallest absolute Gasteiger partial charge is 0.191 e. The summed E-state index contributed by atoms with van der Waals surface area (Å²) in [4.78, 5) is 2.17. The molecule has 2 aromatic rings. The Balaban J connectivity index is 1.89. The van der Waals surface area contributed by atoms with Gasteiger partial charge in [-0.25, -0.2) is 4.39 Å². The van der Waals surface area contributed by atoms with Gasteiger partial charge in [0.05, 0.1) is 23.4 Å². The maximum atomic E-state index is 15.1. The van der Waals surface area contributed by atoms with E-state index in [1.165, 1.54) is 6.07 Å². The number of rotatable bonds is 3. The quantitative estimate of drug-likeness (QED) is 0.685. The summed E-state index contributed by atoms with van der Waals surface area (Å²) >= 11 is 3.38. The van der Waals surface area contributed by atoms with Crippen molar-refractivity contribution in [2.45, 2.75) is 12.5 Å². The Morgan fingerprint density at radius 2 is 1.84 bits per heavy atom. The molecule has 1 heterocycles. The normalized spacial score (nSPS) is 22.2. The van der Waals surface area contributed by atoms with Crippen molar-refractivity contribution in [3.05, 3.63) is 92.9 Å². The van der Waals surface area contributed by atoms with E-state index in [1.54, 1.807) is 12.1 Å². The van der Waals surface area contributed by atoms with Crippen LogP contribution in [0.2, 0.25) is 0 Å². The second kappa shape index (κ2) is 8.60. The molecule has 0 spiro atoms. The van der Waals surface area contributed by atoms with Crippen molar-refractivity contribution >= 4 is 15.9 Å². The fourth-order valence-corrected chi connectivity index (χ4v) is 5.19. The number of halogens is 2. The zero-order valence-electron chi connectivity index (χ0n) is 17.1. The highest BCUT2D eigenvalue weighted by Crippen LogP contribution is 2.54. The number of allylic oxidation sites excluding steroid dienone is 2. The highest BCUT2D eigenvalue weighted by atomic mass is 79.9. The van der Waals surface area contributed by atoms with Crippen molar-refractivity contribution in [1.82, 2.24) is 4.90 Å². The number of nitrogens with zero attached hydrogens (tertiary/aromatic N) is 4. The Kier molecular flexibility index (Phi) is 5.85. The highest BCUT2D eigenvalue weighted by Gasteiger charge is 2.55. The van der Waals surface area contributed by atoms with Crippen molar-refractivity contribution in [1.29, 1.82) is 15.8 Å². The number of fused-ring (bicyclic) bond motifs is 1. The second-order valence-electron chi connectivity index (χ2n) is 8.02. The van der Waals surface area contributed by atoms with Crippen molar-refractivity contribution in [3.8, 4) is 18.2 Å². The third-order valence-corrected chi connectivity index (χ3v) is 6.78. The second-order valence-corrected chi connectivity index (χ2v) is 8.94. The van der Waals surface area contributed by atoms with Crippen LogP contribution in [0.25, 0.3) is 0 Å². The van der Waals surface area contributed by atoms with E-state index in [9.17, 15) is 15.8 Å². The van der Waals surface area contributed by atoms with Crippen LogP contribution in [-0.2, 0) is 6.54 Å². The summed E-state index contributed by atoms with van der Waals surface area (Å²) in [5, 5.41) is 30.1. The van der Waals surface area contributed by atoms with Gasteiger partial charge in [0.2, 0.25) is 0 Å². The van der Waals surface area contributed by atoms with E-state index in [4.69, 9.17) is 5.73 Å². The molecule has 1 aliphatic carbocycles. The van der Waals surface area contributed by atoms with Crippen molar-refractivity contribution in [3.63, 3.8) is 0 Å². The molecular formula is C25H19BrFN5. The van der Waals surface area contributed by atoms with Gasteiger partial charge in [-0.05, 0) is 34.9 Å². The summed E-state index contributed by atoms with van der Waals surface area (Å²) in [6, 6.07) is 20.6. The number of nitriles is 3. The molecule has 7 heteroatoms. The first kappa shape index (κ1) is 21.8. The summed E-state index contributed by atoms with van der Waals surface area (Å²) in [6.07, 6.45) is 1.92. The van der Waals surface area contributed by atoms with Crippen molar-refractivity contribution < 1.29 is 4.39 Å². The van der Waals surface area contributed by atoms with Crippen LogP contribution in [0.5, 0.6) is 0 Å². The molecule has 2 aliphatic rings. The minimum Gasteiger partial charge on any atom is -0.399 e. The first-order valence-electron chi connectivity index (χ1n) is 10.1. The van der Waals surface area contributed by atoms with Gasteiger partial charge in [-0.3, -0.25) is 4.90 Å². The number of benzene rings is 2. The topological polar surface area (TPSA) is 101 Å². The van der Waals surface area contributed by atoms with Crippen molar-refractivity contribution in [2.24, 2.45) is 17.1 Å². The maximum Gasteiger partial charge on any atom is 0.191 e. The predicted molar refractivity (Wildman–Crippen MR) is 121 cm³/mol. The van der Waals surface area contributed by atoms with Crippen LogP contribution in [0, 0.1) is 51.1 Å². The molecule has 0 bridgehead atoms. The fourth-order valence-electron chi connectivity index (χ4n) is 4.81. The molecule has 2 atom stereocenters. The van der Waals surface area contributed by atoms with Crippen LogP contribution in [0.1, 0.15) is 17.0 Å². The first-order chi connectivity index (χ1) is 15.4. The molecule has 0 saturated carbocycles. The van der Waals surface area contributed by atoms with E-state index in [0.29, 0.717) is 29.7 Å². The average Bonchev–Trinajstić information content (AvgIpc) is 2.81. The van der Waals surface area contributed by atoms with Gasteiger partial charge >= 0.3 is 0 Å². The van der Waals surface area contributed by atoms with E-state index < -0.39 is 23.1 Å². The van der Waals surface area contributed by atoms with E-state index in [-0.39, 0.29) is 16.8 Å². The number of hydrogen-bond acceptors (Lipinski definition) is 5. The third-order valence-electron chi connectivity index (χ3n) is 6.28. The summed E-state index contributed by atoms with van der Waals surface area (Å²) in [5.74, 6) is -1.82. The maximum absolute atomic E-state index is 15.1. The molecule has 0 unspecified atom stereocenters. The number of nitrogens with two attached hydrogens (primary N) is 1. The Hall–Kier alpha value is -3.44. The van der Waals surface area contributed by atoms with Crippen LogP contribution in [0.15, 0.2) is 75.9 Å². The molecule has 2 aromatic carbocycles. The van der Waals surface area contributed by atoms with Gasteiger partial charge in [-0.1, -0.05) is 52.3 Å². The SMILES string of the molecule is N#CC1=C(N)C(C#N)(C#N)[C@@H](c2cc(Br)ccc2F)[C@@H]2CN(Cc3ccccc3)CC=C12. The predicted octanol–water partition coefficient (Wildman–Crippen LogP) is 4.51. The highest BCUT2D eigenvalue weighted by molar-refractivity contribution is 9.10. The lowest BCUT2D eigenvalue weighted by Crippen LogP contribution is -2.48. The van der Waals surface area contributed by atoms with Gasteiger partial charge in [0.1, 0.15) is 11.9 Å². The largest absolute Gasteiger partial charge is 0.399 e. The Morgan fingerprint density at radius 3 is 2.50 bits per heavy atom. The molecule has 32 heavy (non-hydrogen) atoms. The lowest BCUT2D eigenvalue weighted by molar-refractivity contribution is 0.199. The molecule has 0 aromatic heterocycles. The molecule has 158 valence electrons. The van der Waals surface area contributed by atoms with Crippen LogP contribution in [0.3, 0.4) is 0 Å². The molecule has 0 amide bonds. The minimum atomic E-state index is -1.86. The van der Waals surface area contributed by atoms with Crippen molar-refractivity contribution in [2.75, 3.05) is 13.1 Å². The zero-order chi connectivity index (χ0) is 22.9. The standard InChI is InChI=1S/C25H19BrFN5/c26-17-6-7-22(27)19(10-17)23-21-13-32(12-16-4-2-1-3-5-16)9-8-18(21)20(11-28)24(31)25(23,14-29)15-30/h1-8,10,21,23H,9,12-13,31H2/t21-,23+/m1/s1. The monoisotopic (exact) mass is 487 g/mol. The van der Waals surface area contributed by atoms with Gasteiger partial charge in [0.15, 0.2) is 5.41 Å². The molecule has 2 N–H and O–H groups in total. The van der Waals surface area contributed by atoms with Crippen LogP contribution in [-0.4, -0.2) is 18.0 Å². The summed E-state index contributed by atoms with van der Waals surface area (Å²) < 4.78 is 15.7. The summed E-state index contributed by atoms with van der Waals surface area (Å²) in [6.45, 7) is 1.70. The Labute approximate surface area is 194 Å².